The maximum Gasteiger partial charge on any atom is 0.237 e. The van der Waals surface area contributed by atoms with Crippen LogP contribution in [0.1, 0.15) is 30.3 Å². The van der Waals surface area contributed by atoms with E-state index in [4.69, 9.17) is 13.7 Å². The second-order valence-electron chi connectivity index (χ2n) is 6.84. The fourth-order valence-electron chi connectivity index (χ4n) is 3.20. The Balaban J connectivity index is 1.28. The number of aromatic nitrogens is 3. The van der Waals surface area contributed by atoms with Crippen LogP contribution in [0.15, 0.2) is 39.5 Å². The highest BCUT2D eigenvalue weighted by Gasteiger charge is 2.21. The first-order chi connectivity index (χ1) is 14.2. The van der Waals surface area contributed by atoms with Gasteiger partial charge >= 0.3 is 0 Å². The van der Waals surface area contributed by atoms with Gasteiger partial charge in [0.1, 0.15) is 12.0 Å². The molecule has 4 rings (SSSR count). The summed E-state index contributed by atoms with van der Waals surface area (Å²) in [6, 6.07) is 7.39. The molecular formula is C20H23N5O4. The molecule has 3 heterocycles. The zero-order chi connectivity index (χ0) is 20.1. The minimum absolute atomic E-state index is 0.0240. The molecule has 1 aliphatic rings. The van der Waals surface area contributed by atoms with Gasteiger partial charge in [-0.3, -0.25) is 4.79 Å². The highest BCUT2D eigenvalue weighted by atomic mass is 16.5. The van der Waals surface area contributed by atoms with Gasteiger partial charge in [0.25, 0.3) is 0 Å². The van der Waals surface area contributed by atoms with Crippen molar-refractivity contribution in [3.05, 3.63) is 47.9 Å². The molecule has 1 saturated heterocycles. The summed E-state index contributed by atoms with van der Waals surface area (Å²) in [6.45, 7) is 1.36. The third-order valence-electron chi connectivity index (χ3n) is 4.75. The number of rotatable bonds is 8. The van der Waals surface area contributed by atoms with Gasteiger partial charge in [-0.25, -0.2) is 4.98 Å². The molecule has 0 spiro atoms. The molecule has 9 nitrogen and oxygen atoms in total. The first-order valence-electron chi connectivity index (χ1n) is 9.62. The second kappa shape index (κ2) is 8.87. The molecule has 9 heteroatoms. The molecular weight excluding hydrogens is 374 g/mol. The van der Waals surface area contributed by atoms with E-state index in [-0.39, 0.29) is 11.9 Å². The largest absolute Gasteiger partial charge is 0.497 e. The number of carbonyl (C=O) groups excluding carboxylic acids is 1. The zero-order valence-corrected chi connectivity index (χ0v) is 16.2. The highest BCUT2D eigenvalue weighted by Crippen LogP contribution is 2.22. The Morgan fingerprint density at radius 3 is 2.93 bits per heavy atom. The first kappa shape index (κ1) is 19.1. The lowest BCUT2D eigenvalue weighted by atomic mass is 10.2. The van der Waals surface area contributed by atoms with Crippen LogP contribution >= 0.6 is 0 Å². The van der Waals surface area contributed by atoms with Crippen LogP contribution in [-0.2, 0) is 17.6 Å². The molecule has 2 N–H and O–H groups in total. The van der Waals surface area contributed by atoms with E-state index in [1.807, 2.05) is 24.3 Å². The van der Waals surface area contributed by atoms with E-state index in [9.17, 15) is 4.79 Å². The van der Waals surface area contributed by atoms with Gasteiger partial charge in [0.15, 0.2) is 5.82 Å². The second-order valence-corrected chi connectivity index (χ2v) is 6.84. The van der Waals surface area contributed by atoms with Gasteiger partial charge in [-0.05, 0) is 43.7 Å². The van der Waals surface area contributed by atoms with Crippen molar-refractivity contribution in [1.82, 2.24) is 25.8 Å². The number of nitrogens with one attached hydrogen (secondary N) is 2. The summed E-state index contributed by atoms with van der Waals surface area (Å²) in [7, 11) is 1.62. The van der Waals surface area contributed by atoms with Crippen LogP contribution in [0.5, 0.6) is 5.75 Å². The Bertz CT molecular complexity index is 944. The van der Waals surface area contributed by atoms with Crippen molar-refractivity contribution in [1.29, 1.82) is 0 Å². The van der Waals surface area contributed by atoms with Gasteiger partial charge in [0, 0.05) is 18.5 Å². The van der Waals surface area contributed by atoms with E-state index in [0.29, 0.717) is 42.7 Å². The van der Waals surface area contributed by atoms with Crippen LogP contribution < -0.4 is 15.4 Å². The van der Waals surface area contributed by atoms with E-state index in [0.717, 1.165) is 30.7 Å². The lowest BCUT2D eigenvalue weighted by molar-refractivity contribution is -0.122. The van der Waals surface area contributed by atoms with Crippen molar-refractivity contribution in [2.75, 3.05) is 20.2 Å². The molecule has 29 heavy (non-hydrogen) atoms. The van der Waals surface area contributed by atoms with Crippen molar-refractivity contribution < 1.29 is 18.5 Å². The van der Waals surface area contributed by atoms with Crippen molar-refractivity contribution in [3.63, 3.8) is 0 Å². The van der Waals surface area contributed by atoms with E-state index in [2.05, 4.69) is 25.8 Å². The minimum Gasteiger partial charge on any atom is -0.497 e. The molecule has 0 radical (unpaired) electrons. The number of ether oxygens (including phenoxy) is 1. The van der Waals surface area contributed by atoms with Gasteiger partial charge in [0.05, 0.1) is 25.3 Å². The smallest absolute Gasteiger partial charge is 0.237 e. The Morgan fingerprint density at radius 2 is 2.17 bits per heavy atom. The van der Waals surface area contributed by atoms with Crippen LogP contribution in [0.4, 0.5) is 0 Å². The summed E-state index contributed by atoms with van der Waals surface area (Å²) in [6.07, 6.45) is 4.40. The molecule has 1 aromatic carbocycles. The Kier molecular flexibility index (Phi) is 5.85. The summed E-state index contributed by atoms with van der Waals surface area (Å²) in [5.74, 6) is 2.33. The number of amides is 1. The van der Waals surface area contributed by atoms with Crippen molar-refractivity contribution >= 4 is 5.91 Å². The molecule has 152 valence electrons. The van der Waals surface area contributed by atoms with Gasteiger partial charge in [-0.15, -0.1) is 0 Å². The van der Waals surface area contributed by atoms with Gasteiger partial charge in [-0.2, -0.15) is 4.98 Å². The standard InChI is InChI=1S/C20H23N5O4/c1-27-15-6-4-13(5-7-15)20-23-14(12-28-20)11-17-24-18(29-25-17)8-10-22-19(26)16-3-2-9-21-16/h4-7,12,16,21H,2-3,8-11H2,1H3,(H,22,26). The zero-order valence-electron chi connectivity index (χ0n) is 16.2. The molecule has 3 aromatic rings. The maximum absolute atomic E-state index is 12.0. The lowest BCUT2D eigenvalue weighted by Crippen LogP contribution is -2.41. The van der Waals surface area contributed by atoms with Crippen molar-refractivity contribution in [2.24, 2.45) is 0 Å². The fraction of sp³-hybridized carbons (Fsp3) is 0.400. The Labute approximate surface area is 167 Å². The van der Waals surface area contributed by atoms with Crippen LogP contribution in [0.3, 0.4) is 0 Å². The average Bonchev–Trinajstić information content (AvgIpc) is 3.51. The van der Waals surface area contributed by atoms with Crippen LogP contribution in [-0.4, -0.2) is 47.3 Å². The molecule has 0 aliphatic carbocycles. The monoisotopic (exact) mass is 397 g/mol. The number of oxazole rings is 1. The summed E-state index contributed by atoms with van der Waals surface area (Å²) >= 11 is 0. The number of nitrogens with zero attached hydrogens (tertiary/aromatic N) is 3. The average molecular weight is 397 g/mol. The topological polar surface area (TPSA) is 115 Å². The fourth-order valence-corrected chi connectivity index (χ4v) is 3.20. The maximum atomic E-state index is 12.0. The Morgan fingerprint density at radius 1 is 1.31 bits per heavy atom. The number of hydrogen-bond acceptors (Lipinski definition) is 8. The van der Waals surface area contributed by atoms with Crippen molar-refractivity contribution in [3.8, 4) is 17.2 Å². The summed E-state index contributed by atoms with van der Waals surface area (Å²) in [5.41, 5.74) is 1.57. The Hall–Kier alpha value is -3.20. The summed E-state index contributed by atoms with van der Waals surface area (Å²) in [4.78, 5) is 20.8. The van der Waals surface area contributed by atoms with Crippen molar-refractivity contribution in [2.45, 2.75) is 31.7 Å². The number of hydrogen-bond donors (Lipinski definition) is 2. The van der Waals surface area contributed by atoms with E-state index >= 15 is 0 Å². The third-order valence-corrected chi connectivity index (χ3v) is 4.75. The first-order valence-corrected chi connectivity index (χ1v) is 9.62. The number of carbonyl (C=O) groups is 1. The van der Waals surface area contributed by atoms with Gasteiger partial charge in [0.2, 0.25) is 17.7 Å². The molecule has 1 aliphatic heterocycles. The third kappa shape index (κ3) is 4.80. The van der Waals surface area contributed by atoms with E-state index in [1.165, 1.54) is 0 Å². The molecule has 1 fully saturated rings. The number of benzene rings is 1. The predicted octanol–water partition coefficient (Wildman–Crippen LogP) is 1.73. The van der Waals surface area contributed by atoms with Crippen LogP contribution in [0.25, 0.3) is 11.5 Å². The molecule has 2 aromatic heterocycles. The molecule has 1 atom stereocenters. The number of methoxy groups -OCH3 is 1. The molecule has 0 bridgehead atoms. The van der Waals surface area contributed by atoms with Crippen LogP contribution in [0, 0.1) is 0 Å². The lowest BCUT2D eigenvalue weighted by Gasteiger charge is -2.09. The van der Waals surface area contributed by atoms with Crippen LogP contribution in [0.2, 0.25) is 0 Å². The van der Waals surface area contributed by atoms with Gasteiger partial charge in [-0.1, -0.05) is 5.16 Å². The predicted molar refractivity (Wildman–Crippen MR) is 103 cm³/mol. The van der Waals surface area contributed by atoms with E-state index < -0.39 is 0 Å². The molecule has 0 saturated carbocycles. The molecule has 1 amide bonds. The summed E-state index contributed by atoms with van der Waals surface area (Å²) in [5, 5.41) is 10.0. The van der Waals surface area contributed by atoms with E-state index in [1.54, 1.807) is 13.4 Å². The highest BCUT2D eigenvalue weighted by molar-refractivity contribution is 5.81. The molecule has 1 unspecified atom stereocenters. The SMILES string of the molecule is COc1ccc(-c2nc(Cc3noc(CCNC(=O)C4CCCN4)n3)co2)cc1. The summed E-state index contributed by atoms with van der Waals surface area (Å²) < 4.78 is 16.0. The van der Waals surface area contributed by atoms with Gasteiger partial charge < -0.3 is 24.3 Å². The quantitative estimate of drug-likeness (QED) is 0.591. The minimum atomic E-state index is -0.0830. The normalized spacial score (nSPS) is 16.1.